The van der Waals surface area contributed by atoms with E-state index in [9.17, 15) is 0 Å². The molecule has 0 aliphatic carbocycles. The van der Waals surface area contributed by atoms with Crippen LogP contribution in [0.5, 0.6) is 0 Å². The van der Waals surface area contributed by atoms with Crippen LogP contribution in [0.2, 0.25) is 0 Å². The van der Waals surface area contributed by atoms with Crippen molar-refractivity contribution >= 4 is 5.69 Å². The molecule has 0 saturated heterocycles. The third-order valence-electron chi connectivity index (χ3n) is 3.27. The minimum atomic E-state index is 0.423. The zero-order valence-corrected chi connectivity index (χ0v) is 12.9. The maximum Gasteiger partial charge on any atom is 0.0369 e. The van der Waals surface area contributed by atoms with Gasteiger partial charge in [-0.2, -0.15) is 0 Å². The van der Waals surface area contributed by atoms with Crippen LogP contribution in [-0.2, 0) is 0 Å². The summed E-state index contributed by atoms with van der Waals surface area (Å²) < 4.78 is 0. The van der Waals surface area contributed by atoms with E-state index in [0.717, 1.165) is 25.8 Å². The van der Waals surface area contributed by atoms with Crippen molar-refractivity contribution in [3.63, 3.8) is 0 Å². The highest BCUT2D eigenvalue weighted by Crippen LogP contribution is 2.24. The Labute approximate surface area is 124 Å². The lowest BCUT2D eigenvalue weighted by atomic mass is 9.99. The van der Waals surface area contributed by atoms with E-state index in [1.54, 1.807) is 0 Å². The Bertz CT molecular complexity index is 428. The maximum absolute atomic E-state index is 4.08. The van der Waals surface area contributed by atoms with E-state index in [1.165, 1.54) is 16.8 Å². The minimum absolute atomic E-state index is 0.423. The Morgan fingerprint density at radius 3 is 2.10 bits per heavy atom. The summed E-state index contributed by atoms with van der Waals surface area (Å²) >= 11 is 0. The highest BCUT2D eigenvalue weighted by atomic mass is 15.2. The van der Waals surface area contributed by atoms with Crippen molar-refractivity contribution in [1.29, 1.82) is 0 Å². The van der Waals surface area contributed by atoms with Gasteiger partial charge in [0.25, 0.3) is 0 Å². The van der Waals surface area contributed by atoms with E-state index in [-0.39, 0.29) is 0 Å². The fraction of sp³-hybridized carbons (Fsp3) is 0.368. The minimum Gasteiger partial charge on any atom is -0.368 e. The molecule has 0 N–H and O–H groups in total. The Kier molecular flexibility index (Phi) is 6.86. The van der Waals surface area contributed by atoms with Crippen molar-refractivity contribution in [2.24, 2.45) is 0 Å². The summed E-state index contributed by atoms with van der Waals surface area (Å²) in [7, 11) is 0. The second kappa shape index (κ2) is 8.42. The van der Waals surface area contributed by atoms with Crippen LogP contribution >= 0.6 is 0 Å². The first-order valence-corrected chi connectivity index (χ1v) is 7.26. The van der Waals surface area contributed by atoms with Crippen molar-refractivity contribution in [3.8, 4) is 0 Å². The number of hydrogen-bond acceptors (Lipinski definition) is 1. The Morgan fingerprint density at radius 1 is 1.10 bits per heavy atom. The van der Waals surface area contributed by atoms with Gasteiger partial charge in [0.1, 0.15) is 0 Å². The molecule has 0 amide bonds. The summed E-state index contributed by atoms with van der Waals surface area (Å²) in [6.07, 6.45) is 4.96. The fourth-order valence-electron chi connectivity index (χ4n) is 2.47. The number of anilines is 1. The van der Waals surface area contributed by atoms with Crippen LogP contribution in [0.4, 0.5) is 5.69 Å². The molecule has 0 unspecified atom stereocenters. The largest absolute Gasteiger partial charge is 0.368 e. The van der Waals surface area contributed by atoms with Crippen LogP contribution in [0.1, 0.15) is 33.1 Å². The lowest BCUT2D eigenvalue weighted by Crippen LogP contribution is -2.36. The summed E-state index contributed by atoms with van der Waals surface area (Å²) in [6.45, 7) is 17.2. The zero-order valence-electron chi connectivity index (χ0n) is 12.9. The Morgan fingerprint density at radius 2 is 1.65 bits per heavy atom. The first-order valence-electron chi connectivity index (χ1n) is 7.26. The van der Waals surface area contributed by atoms with Gasteiger partial charge in [-0.25, -0.2) is 0 Å². The van der Waals surface area contributed by atoms with Gasteiger partial charge in [-0.15, -0.1) is 19.7 Å². The third kappa shape index (κ3) is 5.48. The number of para-hydroxylation sites is 1. The number of hydrogen-bond donors (Lipinski definition) is 0. The molecule has 1 aromatic carbocycles. The van der Waals surface area contributed by atoms with Gasteiger partial charge >= 0.3 is 0 Å². The summed E-state index contributed by atoms with van der Waals surface area (Å²) in [4.78, 5) is 2.46. The van der Waals surface area contributed by atoms with Gasteiger partial charge in [0.05, 0.1) is 0 Å². The van der Waals surface area contributed by atoms with Gasteiger partial charge in [0, 0.05) is 18.3 Å². The van der Waals surface area contributed by atoms with E-state index < -0.39 is 0 Å². The molecule has 0 aromatic heterocycles. The van der Waals surface area contributed by atoms with Gasteiger partial charge < -0.3 is 4.90 Å². The molecule has 1 nitrogen and oxygen atoms in total. The van der Waals surface area contributed by atoms with Crippen LogP contribution in [0.3, 0.4) is 0 Å². The van der Waals surface area contributed by atoms with Crippen LogP contribution in [0, 0.1) is 0 Å². The van der Waals surface area contributed by atoms with Gasteiger partial charge in [-0.3, -0.25) is 0 Å². The molecule has 0 saturated carbocycles. The molecular weight excluding hydrogens is 242 g/mol. The van der Waals surface area contributed by atoms with Crippen LogP contribution < -0.4 is 4.90 Å². The van der Waals surface area contributed by atoms with Crippen molar-refractivity contribution in [2.75, 3.05) is 11.4 Å². The van der Waals surface area contributed by atoms with Crippen LogP contribution in [0.25, 0.3) is 0 Å². The number of rotatable bonds is 9. The normalized spacial score (nSPS) is 10.3. The third-order valence-corrected chi connectivity index (χ3v) is 3.27. The lowest BCUT2D eigenvalue weighted by molar-refractivity contribution is 0.580. The molecular formula is C19H27N. The molecule has 0 radical (unpaired) electrons. The number of nitrogens with zero attached hydrogens (tertiary/aromatic N) is 1. The first-order chi connectivity index (χ1) is 9.54. The Balaban J connectivity index is 2.99. The topological polar surface area (TPSA) is 3.24 Å². The smallest absolute Gasteiger partial charge is 0.0369 e. The van der Waals surface area contributed by atoms with Crippen molar-refractivity contribution in [3.05, 3.63) is 67.3 Å². The first kappa shape index (κ1) is 16.3. The second-order valence-electron chi connectivity index (χ2n) is 5.58. The Hall–Kier alpha value is -1.76. The second-order valence-corrected chi connectivity index (χ2v) is 5.58. The molecule has 0 aliphatic heterocycles. The van der Waals surface area contributed by atoms with Gasteiger partial charge in [0.2, 0.25) is 0 Å². The van der Waals surface area contributed by atoms with Gasteiger partial charge in [-0.1, -0.05) is 35.4 Å². The zero-order chi connectivity index (χ0) is 15.0. The van der Waals surface area contributed by atoms with Crippen molar-refractivity contribution < 1.29 is 0 Å². The predicted octanol–water partition coefficient (Wildman–Crippen LogP) is 5.37. The summed E-state index contributed by atoms with van der Waals surface area (Å²) in [5.41, 5.74) is 3.70. The quantitative estimate of drug-likeness (QED) is 0.545. The molecule has 1 heteroatoms. The SMILES string of the molecule is C=CCCN(c1ccccc1)C(CC(=C)C)CC(=C)C. The fourth-order valence-corrected chi connectivity index (χ4v) is 2.47. The average Bonchev–Trinajstić information content (AvgIpc) is 2.39. The van der Waals surface area contributed by atoms with E-state index in [2.05, 4.69) is 68.8 Å². The lowest BCUT2D eigenvalue weighted by Gasteiger charge is -2.34. The summed E-state index contributed by atoms with van der Waals surface area (Å²) in [6, 6.07) is 11.0. The van der Waals surface area contributed by atoms with Gasteiger partial charge in [0.15, 0.2) is 0 Å². The standard InChI is InChI=1S/C19H27N/c1-6-7-13-20(18-11-9-8-10-12-18)19(14-16(2)3)15-17(4)5/h6,8-12,19H,1-2,4,7,13-15H2,3,5H3. The van der Waals surface area contributed by atoms with E-state index in [4.69, 9.17) is 0 Å². The molecule has 20 heavy (non-hydrogen) atoms. The molecule has 1 aromatic rings. The highest BCUT2D eigenvalue weighted by molar-refractivity contribution is 5.47. The molecule has 0 fully saturated rings. The molecule has 0 atom stereocenters. The molecule has 0 spiro atoms. The molecule has 108 valence electrons. The summed E-state index contributed by atoms with van der Waals surface area (Å²) in [5, 5.41) is 0. The average molecular weight is 269 g/mol. The summed E-state index contributed by atoms with van der Waals surface area (Å²) in [5.74, 6) is 0. The van der Waals surface area contributed by atoms with Crippen molar-refractivity contribution in [2.45, 2.75) is 39.2 Å². The molecule has 0 bridgehead atoms. The molecule has 1 rings (SSSR count). The van der Waals surface area contributed by atoms with E-state index in [0.29, 0.717) is 6.04 Å². The van der Waals surface area contributed by atoms with Crippen LogP contribution in [0.15, 0.2) is 67.3 Å². The molecule has 0 heterocycles. The van der Waals surface area contributed by atoms with E-state index in [1.807, 2.05) is 6.08 Å². The van der Waals surface area contributed by atoms with E-state index >= 15 is 0 Å². The van der Waals surface area contributed by atoms with Crippen LogP contribution in [-0.4, -0.2) is 12.6 Å². The molecule has 0 aliphatic rings. The van der Waals surface area contributed by atoms with Crippen molar-refractivity contribution in [1.82, 2.24) is 0 Å². The monoisotopic (exact) mass is 269 g/mol. The highest BCUT2D eigenvalue weighted by Gasteiger charge is 2.18. The van der Waals surface area contributed by atoms with Gasteiger partial charge in [-0.05, 0) is 45.2 Å². The maximum atomic E-state index is 4.08. The number of benzene rings is 1. The predicted molar refractivity (Wildman–Crippen MR) is 91.3 cm³/mol.